The van der Waals surface area contributed by atoms with Crippen molar-refractivity contribution >= 4 is 11.9 Å². The molecule has 2 N–H and O–H groups in total. The standard InChI is InChI=1S/C14H24N2O3/c1-3-14(12(18)19)7-5-9-16(14)11(17)13(2)6-4-8-15-10-13/h15H,3-10H2,1-2H3,(H,18,19). The molecule has 0 saturated carbocycles. The van der Waals surface area contributed by atoms with Gasteiger partial charge in [-0.2, -0.15) is 0 Å². The fraction of sp³-hybridized carbons (Fsp3) is 0.857. The lowest BCUT2D eigenvalue weighted by atomic mass is 9.80. The minimum atomic E-state index is -0.975. The van der Waals surface area contributed by atoms with E-state index in [-0.39, 0.29) is 5.91 Å². The number of hydrogen-bond acceptors (Lipinski definition) is 3. The summed E-state index contributed by atoms with van der Waals surface area (Å²) < 4.78 is 0. The van der Waals surface area contributed by atoms with Crippen LogP contribution in [0.3, 0.4) is 0 Å². The van der Waals surface area contributed by atoms with Crippen LogP contribution in [0.25, 0.3) is 0 Å². The summed E-state index contributed by atoms with van der Waals surface area (Å²) in [5.74, 6) is -0.838. The van der Waals surface area contributed by atoms with Gasteiger partial charge in [0.15, 0.2) is 0 Å². The number of carbonyl (C=O) groups excluding carboxylic acids is 1. The van der Waals surface area contributed by atoms with E-state index in [1.807, 2.05) is 13.8 Å². The maximum Gasteiger partial charge on any atom is 0.329 e. The number of piperidine rings is 1. The van der Waals surface area contributed by atoms with E-state index in [0.29, 0.717) is 25.9 Å². The highest BCUT2D eigenvalue weighted by molar-refractivity contribution is 5.90. The Labute approximate surface area is 114 Å². The van der Waals surface area contributed by atoms with Crippen LogP contribution in [0, 0.1) is 5.41 Å². The molecule has 108 valence electrons. The SMILES string of the molecule is CCC1(C(=O)O)CCCN1C(=O)C1(C)CCCNC1. The minimum Gasteiger partial charge on any atom is -0.479 e. The Morgan fingerprint density at radius 3 is 2.58 bits per heavy atom. The average molecular weight is 268 g/mol. The van der Waals surface area contributed by atoms with Gasteiger partial charge < -0.3 is 15.3 Å². The predicted octanol–water partition coefficient (Wildman–Crippen LogP) is 1.23. The summed E-state index contributed by atoms with van der Waals surface area (Å²) in [6.45, 7) is 6.00. The molecular formula is C14H24N2O3. The van der Waals surface area contributed by atoms with E-state index < -0.39 is 16.9 Å². The number of nitrogens with one attached hydrogen (secondary N) is 1. The molecule has 0 bridgehead atoms. The van der Waals surface area contributed by atoms with Crippen molar-refractivity contribution < 1.29 is 14.7 Å². The van der Waals surface area contributed by atoms with Crippen LogP contribution in [-0.2, 0) is 9.59 Å². The lowest BCUT2D eigenvalue weighted by Crippen LogP contribution is -2.58. The molecule has 0 aromatic rings. The molecule has 5 heteroatoms. The highest BCUT2D eigenvalue weighted by Crippen LogP contribution is 2.38. The number of carboxylic acids is 1. The van der Waals surface area contributed by atoms with Crippen LogP contribution in [0.1, 0.15) is 46.0 Å². The Kier molecular flexibility index (Phi) is 3.85. The zero-order valence-electron chi connectivity index (χ0n) is 11.9. The van der Waals surface area contributed by atoms with Gasteiger partial charge in [-0.3, -0.25) is 4.79 Å². The van der Waals surface area contributed by atoms with Crippen LogP contribution in [0.5, 0.6) is 0 Å². The van der Waals surface area contributed by atoms with E-state index in [4.69, 9.17) is 0 Å². The second-order valence-electron chi connectivity index (χ2n) is 6.09. The van der Waals surface area contributed by atoms with Gasteiger partial charge in [0.25, 0.3) is 0 Å². The zero-order valence-corrected chi connectivity index (χ0v) is 11.9. The molecule has 2 fully saturated rings. The molecule has 2 saturated heterocycles. The Bertz CT molecular complexity index is 377. The van der Waals surface area contributed by atoms with Gasteiger partial charge in [0, 0.05) is 13.1 Å². The smallest absolute Gasteiger partial charge is 0.329 e. The van der Waals surface area contributed by atoms with Gasteiger partial charge in [-0.15, -0.1) is 0 Å². The van der Waals surface area contributed by atoms with E-state index in [1.54, 1.807) is 4.90 Å². The molecule has 0 aromatic heterocycles. The van der Waals surface area contributed by atoms with E-state index >= 15 is 0 Å². The van der Waals surface area contributed by atoms with Crippen molar-refractivity contribution in [2.45, 2.75) is 51.5 Å². The molecule has 2 heterocycles. The van der Waals surface area contributed by atoms with E-state index in [1.165, 1.54) is 0 Å². The lowest BCUT2D eigenvalue weighted by Gasteiger charge is -2.41. The van der Waals surface area contributed by atoms with Gasteiger partial charge in [-0.05, 0) is 45.6 Å². The van der Waals surface area contributed by atoms with E-state index in [2.05, 4.69) is 5.32 Å². The van der Waals surface area contributed by atoms with Crippen LogP contribution in [-0.4, -0.2) is 47.1 Å². The van der Waals surface area contributed by atoms with E-state index in [0.717, 1.165) is 25.8 Å². The summed E-state index contributed by atoms with van der Waals surface area (Å²) in [5.41, 5.74) is -1.42. The number of amides is 1. The number of carbonyl (C=O) groups is 2. The predicted molar refractivity (Wildman–Crippen MR) is 71.8 cm³/mol. The number of rotatable bonds is 3. The molecule has 2 aliphatic rings. The molecular weight excluding hydrogens is 244 g/mol. The molecule has 19 heavy (non-hydrogen) atoms. The third-order valence-corrected chi connectivity index (χ3v) is 4.83. The first-order valence-corrected chi connectivity index (χ1v) is 7.22. The quantitative estimate of drug-likeness (QED) is 0.808. The van der Waals surface area contributed by atoms with Gasteiger partial charge in [0.05, 0.1) is 5.41 Å². The topological polar surface area (TPSA) is 69.6 Å². The summed E-state index contributed by atoms with van der Waals surface area (Å²) in [5, 5.41) is 12.8. The maximum atomic E-state index is 12.8. The van der Waals surface area contributed by atoms with E-state index in [9.17, 15) is 14.7 Å². The molecule has 0 spiro atoms. The van der Waals surface area contributed by atoms with Crippen molar-refractivity contribution in [2.75, 3.05) is 19.6 Å². The highest BCUT2D eigenvalue weighted by atomic mass is 16.4. The lowest BCUT2D eigenvalue weighted by molar-refractivity contribution is -0.161. The third-order valence-electron chi connectivity index (χ3n) is 4.83. The highest BCUT2D eigenvalue weighted by Gasteiger charge is 2.52. The molecule has 1 amide bonds. The van der Waals surface area contributed by atoms with Crippen LogP contribution in [0.15, 0.2) is 0 Å². The molecule has 0 aromatic carbocycles. The summed E-state index contributed by atoms with van der Waals surface area (Å²) in [6.07, 6.45) is 3.66. The Hall–Kier alpha value is -1.10. The fourth-order valence-electron chi connectivity index (χ4n) is 3.48. The summed E-state index contributed by atoms with van der Waals surface area (Å²) in [6, 6.07) is 0. The Morgan fingerprint density at radius 1 is 1.32 bits per heavy atom. The Morgan fingerprint density at radius 2 is 2.05 bits per heavy atom. The molecule has 0 aliphatic carbocycles. The van der Waals surface area contributed by atoms with Crippen molar-refractivity contribution in [1.29, 1.82) is 0 Å². The molecule has 2 atom stereocenters. The monoisotopic (exact) mass is 268 g/mol. The minimum absolute atomic E-state index is 0.0152. The third kappa shape index (κ3) is 2.24. The van der Waals surface area contributed by atoms with Crippen molar-refractivity contribution in [2.24, 2.45) is 5.41 Å². The van der Waals surface area contributed by atoms with Crippen LogP contribution < -0.4 is 5.32 Å². The van der Waals surface area contributed by atoms with Crippen molar-refractivity contribution in [1.82, 2.24) is 10.2 Å². The van der Waals surface area contributed by atoms with Crippen LogP contribution >= 0.6 is 0 Å². The van der Waals surface area contributed by atoms with Crippen LogP contribution in [0.2, 0.25) is 0 Å². The normalized spacial score (nSPS) is 35.4. The first-order valence-electron chi connectivity index (χ1n) is 7.22. The zero-order chi connectivity index (χ0) is 14.1. The summed E-state index contributed by atoms with van der Waals surface area (Å²) in [7, 11) is 0. The number of carboxylic acid groups (broad SMARTS) is 1. The molecule has 5 nitrogen and oxygen atoms in total. The molecule has 2 unspecified atom stereocenters. The Balaban J connectivity index is 2.24. The van der Waals surface area contributed by atoms with Crippen molar-refractivity contribution in [3.63, 3.8) is 0 Å². The molecule has 2 aliphatic heterocycles. The number of hydrogen-bond donors (Lipinski definition) is 2. The number of likely N-dealkylation sites (tertiary alicyclic amines) is 1. The fourth-order valence-corrected chi connectivity index (χ4v) is 3.48. The number of nitrogens with zero attached hydrogens (tertiary/aromatic N) is 1. The number of aliphatic carboxylic acids is 1. The van der Waals surface area contributed by atoms with Crippen molar-refractivity contribution in [3.05, 3.63) is 0 Å². The first-order chi connectivity index (χ1) is 8.96. The largest absolute Gasteiger partial charge is 0.479 e. The van der Waals surface area contributed by atoms with Gasteiger partial charge in [-0.1, -0.05) is 6.92 Å². The molecule has 2 rings (SSSR count). The average Bonchev–Trinajstić information content (AvgIpc) is 2.83. The first kappa shape index (κ1) is 14.3. The van der Waals surface area contributed by atoms with Gasteiger partial charge >= 0.3 is 5.97 Å². The summed E-state index contributed by atoms with van der Waals surface area (Å²) in [4.78, 5) is 26.1. The van der Waals surface area contributed by atoms with Crippen molar-refractivity contribution in [3.8, 4) is 0 Å². The van der Waals surface area contributed by atoms with Crippen LogP contribution in [0.4, 0.5) is 0 Å². The second-order valence-corrected chi connectivity index (χ2v) is 6.09. The van der Waals surface area contributed by atoms with Gasteiger partial charge in [0.1, 0.15) is 5.54 Å². The summed E-state index contributed by atoms with van der Waals surface area (Å²) >= 11 is 0. The van der Waals surface area contributed by atoms with Gasteiger partial charge in [0.2, 0.25) is 5.91 Å². The molecule has 0 radical (unpaired) electrons. The van der Waals surface area contributed by atoms with Gasteiger partial charge in [-0.25, -0.2) is 4.79 Å². The maximum absolute atomic E-state index is 12.8. The second kappa shape index (κ2) is 5.12.